The highest BCUT2D eigenvalue weighted by molar-refractivity contribution is 14.1. The van der Waals surface area contributed by atoms with Crippen molar-refractivity contribution in [3.63, 3.8) is 0 Å². The van der Waals surface area contributed by atoms with Crippen LogP contribution in [0.25, 0.3) is 11.8 Å². The van der Waals surface area contributed by atoms with Crippen LogP contribution in [0, 0.1) is 3.57 Å². The number of aliphatic carboxylic acids is 1. The molecule has 24 heavy (non-hydrogen) atoms. The number of rotatable bonds is 4. The Balaban J connectivity index is 1.92. The van der Waals surface area contributed by atoms with E-state index in [9.17, 15) is 14.4 Å². The maximum Gasteiger partial charge on any atom is 0.323 e. The summed E-state index contributed by atoms with van der Waals surface area (Å²) in [5, 5.41) is 8.22. The van der Waals surface area contributed by atoms with Crippen LogP contribution in [0.2, 0.25) is 0 Å². The monoisotopic (exact) mass is 454 g/mol. The van der Waals surface area contributed by atoms with E-state index < -0.39 is 23.7 Å². The van der Waals surface area contributed by atoms with Gasteiger partial charge in [0.2, 0.25) is 0 Å². The lowest BCUT2D eigenvalue weighted by molar-refractivity contribution is -0.140. The molecule has 6 nitrogen and oxygen atoms in total. The van der Waals surface area contributed by atoms with E-state index >= 15 is 0 Å². The van der Waals surface area contributed by atoms with Crippen molar-refractivity contribution >= 4 is 57.5 Å². The molecule has 1 saturated heterocycles. The first-order valence-corrected chi connectivity index (χ1v) is 8.75. The summed E-state index contributed by atoms with van der Waals surface area (Å²) in [7, 11) is 0. The molecule has 3 rings (SSSR count). The summed E-state index contributed by atoms with van der Waals surface area (Å²) in [6.45, 7) is -0.625. The quantitative estimate of drug-likeness (QED) is 0.567. The van der Waals surface area contributed by atoms with Gasteiger partial charge in [0, 0.05) is 21.1 Å². The Hall–Kier alpha value is -2.07. The zero-order valence-electron chi connectivity index (χ0n) is 12.2. The molecule has 1 aliphatic rings. The Morgan fingerprint density at radius 1 is 1.21 bits per heavy atom. The molecular weight excluding hydrogens is 443 g/mol. The van der Waals surface area contributed by atoms with Crippen molar-refractivity contribution in [3.05, 3.63) is 56.8 Å². The van der Waals surface area contributed by atoms with Gasteiger partial charge in [0.05, 0.1) is 4.91 Å². The van der Waals surface area contributed by atoms with Crippen LogP contribution in [0.1, 0.15) is 5.69 Å². The fourth-order valence-electron chi connectivity index (χ4n) is 2.25. The second kappa shape index (κ2) is 6.81. The van der Waals surface area contributed by atoms with E-state index in [0.717, 1.165) is 31.6 Å². The highest BCUT2D eigenvalue weighted by Crippen LogP contribution is 2.32. The Morgan fingerprint density at radius 3 is 2.58 bits per heavy atom. The van der Waals surface area contributed by atoms with Crippen molar-refractivity contribution in [1.29, 1.82) is 0 Å². The minimum atomic E-state index is -1.22. The predicted octanol–water partition coefficient (Wildman–Crippen LogP) is 3.20. The molecule has 0 spiro atoms. The van der Waals surface area contributed by atoms with Crippen LogP contribution in [0.3, 0.4) is 0 Å². The molecule has 1 aromatic carbocycles. The molecule has 0 unspecified atom stereocenters. The number of carbonyl (C=O) groups is 3. The van der Waals surface area contributed by atoms with Crippen LogP contribution >= 0.6 is 34.4 Å². The van der Waals surface area contributed by atoms with Gasteiger partial charge < -0.3 is 9.67 Å². The summed E-state index contributed by atoms with van der Waals surface area (Å²) in [6.07, 6.45) is 3.46. The van der Waals surface area contributed by atoms with Gasteiger partial charge in [0.25, 0.3) is 11.1 Å². The summed E-state index contributed by atoms with van der Waals surface area (Å²) in [5.74, 6) is -1.80. The molecule has 0 bridgehead atoms. The summed E-state index contributed by atoms with van der Waals surface area (Å²) < 4.78 is 3.00. The number of amides is 2. The summed E-state index contributed by atoms with van der Waals surface area (Å²) in [4.78, 5) is 35.7. The topological polar surface area (TPSA) is 79.6 Å². The lowest BCUT2D eigenvalue weighted by Gasteiger charge is -2.08. The van der Waals surface area contributed by atoms with E-state index in [2.05, 4.69) is 22.6 Å². The molecule has 122 valence electrons. The minimum absolute atomic E-state index is 0.215. The maximum atomic E-state index is 12.2. The predicted molar refractivity (Wildman–Crippen MR) is 98.8 cm³/mol. The summed E-state index contributed by atoms with van der Waals surface area (Å²) in [5.41, 5.74) is 1.66. The molecule has 0 radical (unpaired) electrons. The van der Waals surface area contributed by atoms with Gasteiger partial charge in [0.15, 0.2) is 0 Å². The molecule has 1 aliphatic heterocycles. The van der Waals surface area contributed by atoms with Crippen LogP contribution in [0.5, 0.6) is 0 Å². The number of hydrogen-bond donors (Lipinski definition) is 1. The number of carboxylic acid groups (broad SMARTS) is 1. The Kier molecular flexibility index (Phi) is 4.76. The van der Waals surface area contributed by atoms with E-state index in [1.54, 1.807) is 6.08 Å². The molecule has 2 amide bonds. The molecule has 1 N–H and O–H groups in total. The van der Waals surface area contributed by atoms with Crippen molar-refractivity contribution in [2.45, 2.75) is 0 Å². The fraction of sp³-hybridized carbons (Fsp3) is 0.0625. The van der Waals surface area contributed by atoms with Crippen molar-refractivity contribution in [2.75, 3.05) is 6.54 Å². The third kappa shape index (κ3) is 3.39. The zero-order valence-corrected chi connectivity index (χ0v) is 15.2. The molecule has 1 aromatic heterocycles. The number of benzene rings is 1. The highest BCUT2D eigenvalue weighted by Gasteiger charge is 2.36. The van der Waals surface area contributed by atoms with E-state index in [1.165, 1.54) is 0 Å². The minimum Gasteiger partial charge on any atom is -0.480 e. The second-order valence-corrected chi connectivity index (χ2v) is 7.18. The molecule has 2 heterocycles. The van der Waals surface area contributed by atoms with Crippen LogP contribution in [0.15, 0.2) is 47.5 Å². The highest BCUT2D eigenvalue weighted by atomic mass is 127. The van der Waals surface area contributed by atoms with Gasteiger partial charge in [0.1, 0.15) is 6.54 Å². The van der Waals surface area contributed by atoms with E-state index in [0.29, 0.717) is 0 Å². The number of hydrogen-bond acceptors (Lipinski definition) is 4. The van der Waals surface area contributed by atoms with Gasteiger partial charge in [-0.1, -0.05) is 0 Å². The molecule has 2 aromatic rings. The maximum absolute atomic E-state index is 12.2. The standard InChI is InChI=1S/C16H11IN2O4S/c17-10-3-5-11(6-4-10)18-7-1-2-12(18)8-13-15(22)19(9-14(20)21)16(23)24-13/h1-8H,9H2,(H,20,21)/b13-8+. The number of nitrogens with zero attached hydrogens (tertiary/aromatic N) is 2. The Bertz CT molecular complexity index is 857. The van der Waals surface area contributed by atoms with Gasteiger partial charge in [-0.2, -0.15) is 0 Å². The van der Waals surface area contributed by atoms with E-state index in [-0.39, 0.29) is 4.91 Å². The number of thioether (sulfide) groups is 1. The lowest BCUT2D eigenvalue weighted by Crippen LogP contribution is -2.33. The molecule has 0 saturated carbocycles. The fourth-order valence-corrected chi connectivity index (χ4v) is 3.44. The zero-order chi connectivity index (χ0) is 17.3. The smallest absolute Gasteiger partial charge is 0.323 e. The Labute approximate surface area is 155 Å². The van der Waals surface area contributed by atoms with Crippen molar-refractivity contribution in [2.24, 2.45) is 0 Å². The summed E-state index contributed by atoms with van der Waals surface area (Å²) in [6, 6.07) is 11.5. The normalized spacial score (nSPS) is 16.2. The van der Waals surface area contributed by atoms with Crippen LogP contribution < -0.4 is 0 Å². The van der Waals surface area contributed by atoms with Crippen molar-refractivity contribution in [1.82, 2.24) is 9.47 Å². The average molecular weight is 454 g/mol. The first kappa shape index (κ1) is 16.8. The molecule has 0 atom stereocenters. The first-order valence-electron chi connectivity index (χ1n) is 6.86. The molecular formula is C16H11IN2O4S. The lowest BCUT2D eigenvalue weighted by atomic mass is 10.3. The van der Waals surface area contributed by atoms with E-state index in [4.69, 9.17) is 5.11 Å². The first-order chi connectivity index (χ1) is 11.5. The van der Waals surface area contributed by atoms with Crippen LogP contribution in [-0.4, -0.2) is 38.2 Å². The van der Waals surface area contributed by atoms with Crippen LogP contribution in [-0.2, 0) is 9.59 Å². The number of halogens is 1. The van der Waals surface area contributed by atoms with Crippen LogP contribution in [0.4, 0.5) is 4.79 Å². The number of aromatic nitrogens is 1. The molecule has 0 aliphatic carbocycles. The van der Waals surface area contributed by atoms with Gasteiger partial charge >= 0.3 is 5.97 Å². The third-order valence-corrected chi connectivity index (χ3v) is 4.96. The average Bonchev–Trinajstić information content (AvgIpc) is 3.09. The second-order valence-electron chi connectivity index (χ2n) is 4.94. The molecule has 1 fully saturated rings. The number of imide groups is 1. The molecule has 8 heteroatoms. The largest absolute Gasteiger partial charge is 0.480 e. The van der Waals surface area contributed by atoms with E-state index in [1.807, 2.05) is 47.2 Å². The number of carbonyl (C=O) groups excluding carboxylic acids is 2. The van der Waals surface area contributed by atoms with Gasteiger partial charge in [-0.3, -0.25) is 19.3 Å². The number of carboxylic acids is 1. The third-order valence-electron chi connectivity index (χ3n) is 3.33. The van der Waals surface area contributed by atoms with Gasteiger partial charge in [-0.25, -0.2) is 0 Å². The van der Waals surface area contributed by atoms with Gasteiger partial charge in [-0.05, 0) is 76.8 Å². The van der Waals surface area contributed by atoms with Crippen molar-refractivity contribution in [3.8, 4) is 5.69 Å². The van der Waals surface area contributed by atoms with Crippen molar-refractivity contribution < 1.29 is 19.5 Å². The SMILES string of the molecule is O=C(O)CN1C(=O)S/C(=C/c2cccn2-c2ccc(I)cc2)C1=O. The summed E-state index contributed by atoms with van der Waals surface area (Å²) >= 11 is 2.97. The Morgan fingerprint density at radius 2 is 1.92 bits per heavy atom. The van der Waals surface area contributed by atoms with Gasteiger partial charge in [-0.15, -0.1) is 0 Å².